The molecule has 0 aliphatic carbocycles. The van der Waals surface area contributed by atoms with Crippen LogP contribution in [-0.4, -0.2) is 47.9 Å². The van der Waals surface area contributed by atoms with Gasteiger partial charge in [0.1, 0.15) is 11.6 Å². The predicted molar refractivity (Wildman–Crippen MR) is 101 cm³/mol. The molecule has 4 aromatic rings. The van der Waals surface area contributed by atoms with Gasteiger partial charge in [0.15, 0.2) is 11.5 Å². The predicted octanol–water partition coefficient (Wildman–Crippen LogP) is 2.44. The molecule has 4 heterocycles. The van der Waals surface area contributed by atoms with Crippen LogP contribution in [0.1, 0.15) is 12.8 Å². The van der Waals surface area contributed by atoms with Crippen LogP contribution in [0.3, 0.4) is 0 Å². The molecule has 0 saturated carbocycles. The van der Waals surface area contributed by atoms with Crippen LogP contribution in [0.5, 0.6) is 0 Å². The fraction of sp³-hybridized carbons (Fsp3) is 0.316. The summed E-state index contributed by atoms with van der Waals surface area (Å²) in [6, 6.07) is 10.4. The van der Waals surface area contributed by atoms with Gasteiger partial charge in [-0.1, -0.05) is 17.3 Å². The Kier molecular flexibility index (Phi) is 4.19. The largest absolute Gasteiger partial charge is 0.355 e. The molecule has 0 spiro atoms. The van der Waals surface area contributed by atoms with E-state index in [0.29, 0.717) is 23.0 Å². The highest BCUT2D eigenvalue weighted by molar-refractivity contribution is 5.60. The molecule has 9 heteroatoms. The number of halogens is 1. The molecule has 0 N–H and O–H groups in total. The molecule has 0 unspecified atom stereocenters. The molecule has 1 fully saturated rings. The Hall–Kier alpha value is -3.36. The van der Waals surface area contributed by atoms with Crippen molar-refractivity contribution in [3.63, 3.8) is 0 Å². The Labute approximate surface area is 160 Å². The monoisotopic (exact) mass is 378 g/mol. The average molecular weight is 378 g/mol. The highest BCUT2D eigenvalue weighted by atomic mass is 19.1. The molecule has 3 aromatic heterocycles. The van der Waals surface area contributed by atoms with Crippen LogP contribution in [0.25, 0.3) is 17.0 Å². The summed E-state index contributed by atoms with van der Waals surface area (Å²) in [6.45, 7) is 2.72. The standard InChI is InChI=1S/C19H19FN8/c20-16-4-2-1-3-15(16)19-23-22-17-5-6-18(24-28(17)19)26-10-7-14(8-11-26)13-27-12-9-21-25-27/h1-6,9,12,14H,7-8,10-11,13H2. The Morgan fingerprint density at radius 3 is 2.68 bits per heavy atom. The van der Waals surface area contributed by atoms with Crippen LogP contribution < -0.4 is 4.90 Å². The first-order valence-electron chi connectivity index (χ1n) is 9.34. The van der Waals surface area contributed by atoms with Crippen molar-refractivity contribution in [1.82, 2.24) is 34.8 Å². The lowest BCUT2D eigenvalue weighted by Gasteiger charge is -2.32. The maximum Gasteiger partial charge on any atom is 0.188 e. The summed E-state index contributed by atoms with van der Waals surface area (Å²) in [5.41, 5.74) is 0.995. The number of piperidine rings is 1. The van der Waals surface area contributed by atoms with Crippen molar-refractivity contribution in [2.45, 2.75) is 19.4 Å². The third-order valence-corrected chi connectivity index (χ3v) is 5.22. The maximum atomic E-state index is 14.2. The second-order valence-electron chi connectivity index (χ2n) is 7.02. The van der Waals surface area contributed by atoms with E-state index in [1.165, 1.54) is 6.07 Å². The van der Waals surface area contributed by atoms with Gasteiger partial charge in [-0.2, -0.15) is 4.52 Å². The molecule has 5 rings (SSSR count). The van der Waals surface area contributed by atoms with Crippen molar-refractivity contribution in [3.8, 4) is 11.4 Å². The number of anilines is 1. The first-order valence-corrected chi connectivity index (χ1v) is 9.34. The zero-order valence-corrected chi connectivity index (χ0v) is 15.2. The normalized spacial score (nSPS) is 15.4. The molecule has 8 nitrogen and oxygen atoms in total. The topological polar surface area (TPSA) is 77.0 Å². The van der Waals surface area contributed by atoms with Crippen molar-refractivity contribution in [1.29, 1.82) is 0 Å². The third kappa shape index (κ3) is 3.08. The molecule has 1 aliphatic heterocycles. The van der Waals surface area contributed by atoms with E-state index in [9.17, 15) is 4.39 Å². The number of nitrogens with zero attached hydrogens (tertiary/aromatic N) is 8. The van der Waals surface area contributed by atoms with E-state index in [2.05, 4.69) is 25.4 Å². The van der Waals surface area contributed by atoms with Gasteiger partial charge in [-0.15, -0.1) is 20.4 Å². The smallest absolute Gasteiger partial charge is 0.188 e. The van der Waals surface area contributed by atoms with Crippen molar-refractivity contribution < 1.29 is 4.39 Å². The van der Waals surface area contributed by atoms with E-state index in [1.54, 1.807) is 28.9 Å². The number of hydrogen-bond acceptors (Lipinski definition) is 6. The zero-order valence-electron chi connectivity index (χ0n) is 15.2. The van der Waals surface area contributed by atoms with Gasteiger partial charge in [0, 0.05) is 25.8 Å². The lowest BCUT2D eigenvalue weighted by Crippen LogP contribution is -2.35. The summed E-state index contributed by atoms with van der Waals surface area (Å²) in [5, 5.41) is 20.9. The third-order valence-electron chi connectivity index (χ3n) is 5.22. The minimum atomic E-state index is -0.335. The molecular weight excluding hydrogens is 359 g/mol. The molecule has 1 aliphatic rings. The zero-order chi connectivity index (χ0) is 18.9. The Bertz CT molecular complexity index is 1080. The van der Waals surface area contributed by atoms with Crippen LogP contribution in [0.4, 0.5) is 10.2 Å². The highest BCUT2D eigenvalue weighted by Gasteiger charge is 2.22. The second kappa shape index (κ2) is 6.99. The molecule has 0 radical (unpaired) electrons. The van der Waals surface area contributed by atoms with Crippen LogP contribution >= 0.6 is 0 Å². The van der Waals surface area contributed by atoms with Crippen LogP contribution in [-0.2, 0) is 6.54 Å². The first-order chi connectivity index (χ1) is 13.8. The number of fused-ring (bicyclic) bond motifs is 1. The molecule has 142 valence electrons. The maximum absolute atomic E-state index is 14.2. The van der Waals surface area contributed by atoms with Gasteiger partial charge < -0.3 is 4.90 Å². The first kappa shape index (κ1) is 16.8. The van der Waals surface area contributed by atoms with E-state index < -0.39 is 0 Å². The lowest BCUT2D eigenvalue weighted by molar-refractivity contribution is 0.338. The number of aromatic nitrogens is 7. The molecule has 1 aromatic carbocycles. The van der Waals surface area contributed by atoms with Crippen LogP contribution in [0.15, 0.2) is 48.8 Å². The summed E-state index contributed by atoms with van der Waals surface area (Å²) < 4.78 is 17.7. The molecular formula is C19H19FN8. The van der Waals surface area contributed by atoms with Gasteiger partial charge in [0.05, 0.1) is 11.8 Å². The minimum absolute atomic E-state index is 0.335. The van der Waals surface area contributed by atoms with Crippen LogP contribution in [0, 0.1) is 11.7 Å². The minimum Gasteiger partial charge on any atom is -0.355 e. The summed E-state index contributed by atoms with van der Waals surface area (Å²) >= 11 is 0. The number of rotatable bonds is 4. The van der Waals surface area contributed by atoms with Gasteiger partial charge >= 0.3 is 0 Å². The fourth-order valence-electron chi connectivity index (χ4n) is 3.70. The molecule has 1 saturated heterocycles. The van der Waals surface area contributed by atoms with E-state index >= 15 is 0 Å². The van der Waals surface area contributed by atoms with Crippen molar-refractivity contribution in [3.05, 3.63) is 54.6 Å². The van der Waals surface area contributed by atoms with E-state index in [-0.39, 0.29) is 5.82 Å². The highest BCUT2D eigenvalue weighted by Crippen LogP contribution is 2.25. The Morgan fingerprint density at radius 2 is 1.89 bits per heavy atom. The quantitative estimate of drug-likeness (QED) is 0.543. The number of benzene rings is 1. The van der Waals surface area contributed by atoms with Gasteiger partial charge in [-0.05, 0) is 43.0 Å². The van der Waals surface area contributed by atoms with Gasteiger partial charge in [0.2, 0.25) is 0 Å². The van der Waals surface area contributed by atoms with Crippen molar-refractivity contribution in [2.24, 2.45) is 5.92 Å². The van der Waals surface area contributed by atoms with Crippen molar-refractivity contribution >= 4 is 11.5 Å². The lowest BCUT2D eigenvalue weighted by atomic mass is 9.97. The van der Waals surface area contributed by atoms with Gasteiger partial charge in [-0.3, -0.25) is 4.68 Å². The average Bonchev–Trinajstić information content (AvgIpc) is 3.38. The second-order valence-corrected chi connectivity index (χ2v) is 7.02. The van der Waals surface area contributed by atoms with Gasteiger partial charge in [-0.25, -0.2) is 4.39 Å². The summed E-state index contributed by atoms with van der Waals surface area (Å²) in [6.07, 6.45) is 5.72. The van der Waals surface area contributed by atoms with Crippen molar-refractivity contribution in [2.75, 3.05) is 18.0 Å². The molecule has 28 heavy (non-hydrogen) atoms. The number of hydrogen-bond donors (Lipinski definition) is 0. The fourth-order valence-corrected chi connectivity index (χ4v) is 3.70. The van der Waals surface area contributed by atoms with E-state index in [4.69, 9.17) is 5.10 Å². The SMILES string of the molecule is Fc1ccccc1-c1nnc2ccc(N3CCC(Cn4ccnn4)CC3)nn12. The molecule has 0 bridgehead atoms. The molecule has 0 amide bonds. The Balaban J connectivity index is 1.37. The summed E-state index contributed by atoms with van der Waals surface area (Å²) in [7, 11) is 0. The van der Waals surface area contributed by atoms with E-state index in [0.717, 1.165) is 38.3 Å². The van der Waals surface area contributed by atoms with Crippen LogP contribution in [0.2, 0.25) is 0 Å². The summed E-state index contributed by atoms with van der Waals surface area (Å²) in [5.74, 6) is 1.50. The Morgan fingerprint density at radius 1 is 1.04 bits per heavy atom. The van der Waals surface area contributed by atoms with Gasteiger partial charge in [0.25, 0.3) is 0 Å². The summed E-state index contributed by atoms with van der Waals surface area (Å²) in [4.78, 5) is 2.25. The molecule has 0 atom stereocenters. The van der Waals surface area contributed by atoms with E-state index in [1.807, 2.05) is 23.0 Å².